The molecule has 2 nitrogen and oxygen atoms in total. The molecule has 3 heteroatoms. The molecule has 0 heterocycles. The molecule has 0 saturated carbocycles. The van der Waals surface area contributed by atoms with Gasteiger partial charge in [0.2, 0.25) is 0 Å². The van der Waals surface area contributed by atoms with Gasteiger partial charge in [-0.1, -0.05) is 36.5 Å². The molecule has 0 aromatic carbocycles. The zero-order valence-electron chi connectivity index (χ0n) is 7.19. The molecule has 66 valence electrons. The molecule has 0 amide bonds. The molecule has 2 aliphatic carbocycles. The zero-order chi connectivity index (χ0) is 6.81. The van der Waals surface area contributed by atoms with E-state index in [4.69, 9.17) is 0 Å². The Labute approximate surface area is 93.2 Å². The van der Waals surface area contributed by atoms with Crippen LogP contribution in [0.15, 0.2) is 47.6 Å². The maximum absolute atomic E-state index is 2.21. The molecular weight excluding hydrogens is 200 g/mol. The monoisotopic (exact) mass is 210 g/mol. The molecule has 0 aliphatic heterocycles. The zero-order valence-corrected chi connectivity index (χ0v) is 8.76. The van der Waals surface area contributed by atoms with Crippen molar-refractivity contribution in [2.75, 3.05) is 0 Å². The van der Waals surface area contributed by atoms with Crippen LogP contribution in [-0.2, 0) is 32.7 Å². The largest absolute Gasteiger partial charge is 4.00 e. The van der Waals surface area contributed by atoms with Crippen LogP contribution >= 0.6 is 0 Å². The minimum absolute atomic E-state index is 0. The Kier molecular flexibility index (Phi) is 8.17. The van der Waals surface area contributed by atoms with Crippen molar-refractivity contribution in [3.8, 4) is 0 Å². The van der Waals surface area contributed by atoms with Gasteiger partial charge < -0.3 is 11.0 Å². The normalized spacial score (nSPS) is 16.6. The molecule has 13 heavy (non-hydrogen) atoms. The van der Waals surface area contributed by atoms with Crippen LogP contribution in [0.1, 0.15) is 12.8 Å². The molecule has 0 N–H and O–H groups in total. The molecule has 0 radical (unpaired) electrons. The Bertz CT molecular complexity index is 234. The summed E-state index contributed by atoms with van der Waals surface area (Å²) in [5.74, 6) is 0. The fourth-order valence-electron chi connectivity index (χ4n) is 1.37. The second-order valence-corrected chi connectivity index (χ2v) is 2.65. The van der Waals surface area contributed by atoms with Crippen molar-refractivity contribution in [3.63, 3.8) is 0 Å². The number of rotatable bonds is 1. The third kappa shape index (κ3) is 3.45. The van der Waals surface area contributed by atoms with Crippen molar-refractivity contribution in [1.29, 1.82) is 0 Å². The van der Waals surface area contributed by atoms with E-state index in [-0.39, 0.29) is 32.7 Å². The summed E-state index contributed by atoms with van der Waals surface area (Å²) < 4.78 is 0. The summed E-state index contributed by atoms with van der Waals surface area (Å²) in [4.78, 5) is 0. The Hall–Kier alpha value is -0.406. The Morgan fingerprint density at radius 1 is 0.769 bits per heavy atom. The molecular formula is C10H10O2Ti. The maximum Gasteiger partial charge on any atom is 4.00 e. The summed E-state index contributed by atoms with van der Waals surface area (Å²) >= 11 is 0. The van der Waals surface area contributed by atoms with Crippen molar-refractivity contribution in [3.05, 3.63) is 47.6 Å². The standard InChI is InChI=1S/C10H10.2O.Ti/c1-2-6-9(5-1)10-7-3-4-8-10;;;/h1-5,7H,6,8H2;;;/q;2*-2;+4. The van der Waals surface area contributed by atoms with E-state index < -0.39 is 0 Å². The minimum atomic E-state index is 0. The molecule has 0 spiro atoms. The summed E-state index contributed by atoms with van der Waals surface area (Å²) in [5.41, 5.74) is 2.98. The first-order chi connectivity index (χ1) is 4.97. The third-order valence-electron chi connectivity index (χ3n) is 1.95. The predicted molar refractivity (Wildman–Crippen MR) is 45.1 cm³/mol. The summed E-state index contributed by atoms with van der Waals surface area (Å²) in [6.45, 7) is 0. The Morgan fingerprint density at radius 2 is 1.15 bits per heavy atom. The molecule has 0 aromatic heterocycles. The second kappa shape index (κ2) is 7.04. The summed E-state index contributed by atoms with van der Waals surface area (Å²) in [7, 11) is 0. The van der Waals surface area contributed by atoms with E-state index in [1.165, 1.54) is 11.1 Å². The number of allylic oxidation sites excluding steroid dienone is 8. The smallest absolute Gasteiger partial charge is 2.00 e. The molecule has 2 aliphatic rings. The van der Waals surface area contributed by atoms with Gasteiger partial charge in [-0.3, -0.25) is 0 Å². The van der Waals surface area contributed by atoms with Gasteiger partial charge in [0.15, 0.2) is 0 Å². The molecule has 0 bridgehead atoms. The van der Waals surface area contributed by atoms with Crippen LogP contribution in [0.4, 0.5) is 0 Å². The topological polar surface area (TPSA) is 57.0 Å². The molecule has 0 unspecified atom stereocenters. The molecule has 0 aromatic rings. The summed E-state index contributed by atoms with van der Waals surface area (Å²) in [6, 6.07) is 0. The van der Waals surface area contributed by atoms with E-state index in [0.717, 1.165) is 12.8 Å². The number of hydrogen-bond donors (Lipinski definition) is 0. The van der Waals surface area contributed by atoms with Crippen LogP contribution in [0, 0.1) is 0 Å². The summed E-state index contributed by atoms with van der Waals surface area (Å²) in [6.07, 6.45) is 15.4. The van der Waals surface area contributed by atoms with E-state index in [2.05, 4.69) is 36.5 Å². The van der Waals surface area contributed by atoms with Crippen molar-refractivity contribution in [2.24, 2.45) is 0 Å². The molecule has 0 saturated heterocycles. The molecule has 2 rings (SSSR count). The van der Waals surface area contributed by atoms with Crippen molar-refractivity contribution in [1.82, 2.24) is 0 Å². The second-order valence-electron chi connectivity index (χ2n) is 2.65. The van der Waals surface area contributed by atoms with E-state index in [1.807, 2.05) is 0 Å². The summed E-state index contributed by atoms with van der Waals surface area (Å²) in [5, 5.41) is 0. The average molecular weight is 210 g/mol. The van der Waals surface area contributed by atoms with Gasteiger partial charge in [0.1, 0.15) is 0 Å². The minimum Gasteiger partial charge on any atom is -2.00 e. The van der Waals surface area contributed by atoms with E-state index in [0.29, 0.717) is 0 Å². The molecule has 0 fully saturated rings. The Balaban J connectivity index is 0. The average Bonchev–Trinajstić information content (AvgIpc) is 2.59. The number of hydrogen-bond acceptors (Lipinski definition) is 0. The van der Waals surface area contributed by atoms with Gasteiger partial charge in [0, 0.05) is 0 Å². The fraction of sp³-hybridized carbons (Fsp3) is 0.200. The van der Waals surface area contributed by atoms with Crippen LogP contribution in [0.2, 0.25) is 0 Å². The van der Waals surface area contributed by atoms with Gasteiger partial charge in [0.05, 0.1) is 0 Å². The first-order valence-corrected chi connectivity index (χ1v) is 3.68. The van der Waals surface area contributed by atoms with E-state index in [9.17, 15) is 0 Å². The van der Waals surface area contributed by atoms with Gasteiger partial charge in [-0.2, -0.15) is 0 Å². The first kappa shape index (κ1) is 15.1. The fourth-order valence-corrected chi connectivity index (χ4v) is 1.37. The van der Waals surface area contributed by atoms with Crippen LogP contribution in [0.3, 0.4) is 0 Å². The van der Waals surface area contributed by atoms with Crippen LogP contribution < -0.4 is 0 Å². The van der Waals surface area contributed by atoms with Gasteiger partial charge in [0.25, 0.3) is 0 Å². The SMILES string of the molecule is C1=CCC(C2=CC=CC2)=C1.[O-2].[O-2].[Ti+4]. The van der Waals surface area contributed by atoms with Crippen molar-refractivity contribution < 1.29 is 32.7 Å². The quantitative estimate of drug-likeness (QED) is 0.597. The molecule has 0 atom stereocenters. The van der Waals surface area contributed by atoms with E-state index in [1.54, 1.807) is 0 Å². The van der Waals surface area contributed by atoms with Crippen LogP contribution in [-0.4, -0.2) is 0 Å². The van der Waals surface area contributed by atoms with E-state index >= 15 is 0 Å². The van der Waals surface area contributed by atoms with Crippen molar-refractivity contribution >= 4 is 0 Å². The first-order valence-electron chi connectivity index (χ1n) is 3.68. The maximum atomic E-state index is 2.21. The third-order valence-corrected chi connectivity index (χ3v) is 1.95. The van der Waals surface area contributed by atoms with Crippen LogP contribution in [0.25, 0.3) is 0 Å². The Morgan fingerprint density at radius 3 is 1.38 bits per heavy atom. The van der Waals surface area contributed by atoms with Gasteiger partial charge >= 0.3 is 21.7 Å². The van der Waals surface area contributed by atoms with Crippen LogP contribution in [0.5, 0.6) is 0 Å². The van der Waals surface area contributed by atoms with Crippen molar-refractivity contribution in [2.45, 2.75) is 12.8 Å². The van der Waals surface area contributed by atoms with Gasteiger partial charge in [-0.15, -0.1) is 0 Å². The predicted octanol–water partition coefficient (Wildman–Crippen LogP) is 2.52. The van der Waals surface area contributed by atoms with Gasteiger partial charge in [-0.25, -0.2) is 0 Å². The van der Waals surface area contributed by atoms with Gasteiger partial charge in [-0.05, 0) is 24.0 Å².